The number of aliphatic hydroxyl groups is 1. The van der Waals surface area contributed by atoms with E-state index in [0.717, 1.165) is 64.6 Å². The van der Waals surface area contributed by atoms with Gasteiger partial charge in [-0.25, -0.2) is 0 Å². The second kappa shape index (κ2) is 18.4. The zero-order valence-electron chi connectivity index (χ0n) is 35.3. The van der Waals surface area contributed by atoms with Gasteiger partial charge >= 0.3 is 0 Å². The molecule has 2 heterocycles. The zero-order valence-corrected chi connectivity index (χ0v) is 37.7. The van der Waals surface area contributed by atoms with E-state index >= 15 is 0 Å². The topological polar surface area (TPSA) is 59.4 Å². The number of aromatic nitrogens is 1. The molecule has 0 saturated carbocycles. The van der Waals surface area contributed by atoms with Crippen molar-refractivity contribution in [3.8, 4) is 22.8 Å². The van der Waals surface area contributed by atoms with Crippen LogP contribution in [0.15, 0.2) is 103 Å². The van der Waals surface area contributed by atoms with Crippen LogP contribution in [0.1, 0.15) is 96.4 Å². The van der Waals surface area contributed by atoms with E-state index in [4.69, 9.17) is 9.72 Å². The van der Waals surface area contributed by atoms with Crippen molar-refractivity contribution in [3.05, 3.63) is 131 Å². The van der Waals surface area contributed by atoms with Crippen molar-refractivity contribution in [1.29, 1.82) is 0 Å². The number of aryl methyl sites for hydroxylation is 3. The van der Waals surface area contributed by atoms with E-state index in [1.165, 1.54) is 50.1 Å². The molecule has 1 aliphatic heterocycles. The van der Waals surface area contributed by atoms with E-state index in [1.54, 1.807) is 0 Å². The number of ketones is 1. The van der Waals surface area contributed by atoms with Crippen LogP contribution >= 0.6 is 0 Å². The minimum absolute atomic E-state index is 0. The number of para-hydroxylation sites is 1. The third-order valence-electron chi connectivity index (χ3n) is 11.6. The van der Waals surface area contributed by atoms with E-state index in [0.29, 0.717) is 0 Å². The van der Waals surface area contributed by atoms with Crippen LogP contribution < -0.4 is 21.1 Å². The van der Waals surface area contributed by atoms with Crippen molar-refractivity contribution in [2.24, 2.45) is 11.8 Å². The minimum atomic E-state index is -0.0169. The summed E-state index contributed by atoms with van der Waals surface area (Å²) in [7, 11) is 0. The number of rotatable bonds is 9. The molecule has 57 heavy (non-hydrogen) atoms. The number of benzene rings is 5. The molecule has 0 spiro atoms. The second-order valence-corrected chi connectivity index (χ2v) is 16.5. The summed E-state index contributed by atoms with van der Waals surface area (Å²) in [6, 6.07) is 34.2. The SMILES string of the molecule is CCC(CC)C(=O)/C=C(\O)C(CC)CC.Cc1cc(C)c(B2c3ccccc3Oc3c2ccc2c(-c4[c-]c5ccccc5c(C(C)(C)C)c4)nccc32)c(C)c1.[Ir]. The Labute approximate surface area is 354 Å². The predicted molar refractivity (Wildman–Crippen MR) is 238 cm³/mol. The van der Waals surface area contributed by atoms with Gasteiger partial charge in [0.05, 0.1) is 5.76 Å². The number of aliphatic hydroxyl groups excluding tert-OH is 1. The Morgan fingerprint density at radius 3 is 2.07 bits per heavy atom. The number of fused-ring (bicyclic) bond motifs is 5. The van der Waals surface area contributed by atoms with Gasteiger partial charge in [0.15, 0.2) is 5.78 Å². The van der Waals surface area contributed by atoms with Crippen LogP contribution in [0, 0.1) is 38.7 Å². The summed E-state index contributed by atoms with van der Waals surface area (Å²) in [5.74, 6) is 2.39. The number of hydrogen-bond donors (Lipinski definition) is 1. The van der Waals surface area contributed by atoms with Gasteiger partial charge in [-0.15, -0.1) is 29.1 Å². The first-order chi connectivity index (χ1) is 26.8. The summed E-state index contributed by atoms with van der Waals surface area (Å²) in [6.45, 7) is 21.6. The van der Waals surface area contributed by atoms with Crippen molar-refractivity contribution in [2.75, 3.05) is 0 Å². The largest absolute Gasteiger partial charge is 0.512 e. The van der Waals surface area contributed by atoms with Crippen LogP contribution in [0.4, 0.5) is 0 Å². The molecule has 6 aromatic rings. The van der Waals surface area contributed by atoms with Crippen molar-refractivity contribution in [2.45, 2.75) is 100 Å². The fourth-order valence-electron chi connectivity index (χ4n) is 8.60. The molecule has 1 aliphatic rings. The smallest absolute Gasteiger partial charge is 0.251 e. The molecule has 0 fully saturated rings. The van der Waals surface area contributed by atoms with Crippen LogP contribution in [0.5, 0.6) is 11.5 Å². The van der Waals surface area contributed by atoms with Gasteiger partial charge in [0, 0.05) is 55.3 Å². The normalized spacial score (nSPS) is 12.5. The number of carbonyl (C=O) groups excluding carboxylic acids is 1. The Kier molecular flexibility index (Phi) is 14.1. The molecule has 0 saturated heterocycles. The van der Waals surface area contributed by atoms with Crippen LogP contribution in [0.3, 0.4) is 0 Å². The summed E-state index contributed by atoms with van der Waals surface area (Å²) in [5.41, 5.74) is 10.9. The Morgan fingerprint density at radius 2 is 1.42 bits per heavy atom. The summed E-state index contributed by atoms with van der Waals surface area (Å²) in [6.07, 6.45) is 6.82. The average molecular weight is 935 g/mol. The molecular formula is C51H57BIrNO3-. The fraction of sp³-hybridized carbons (Fsp3) is 0.333. The number of nitrogens with zero attached hydrogens (tertiary/aromatic N) is 1. The quantitative estimate of drug-likeness (QED) is 0.0678. The maximum Gasteiger partial charge on any atom is 0.251 e. The Bertz CT molecular complexity index is 2400. The molecule has 6 heteroatoms. The molecule has 7 rings (SSSR count). The first-order valence-electron chi connectivity index (χ1n) is 20.5. The second-order valence-electron chi connectivity index (χ2n) is 16.5. The van der Waals surface area contributed by atoms with Crippen molar-refractivity contribution < 1.29 is 34.7 Å². The van der Waals surface area contributed by atoms with Crippen LogP contribution in [0.2, 0.25) is 0 Å². The van der Waals surface area contributed by atoms with Gasteiger partial charge in [-0.05, 0) is 80.3 Å². The third kappa shape index (κ3) is 8.98. The van der Waals surface area contributed by atoms with E-state index in [2.05, 4.69) is 133 Å². The van der Waals surface area contributed by atoms with E-state index in [1.807, 2.05) is 33.9 Å². The molecule has 5 aromatic carbocycles. The number of pyridine rings is 1. The van der Waals surface area contributed by atoms with Gasteiger partial charge in [0.25, 0.3) is 6.71 Å². The Balaban J connectivity index is 0.000000333. The maximum atomic E-state index is 11.7. The third-order valence-corrected chi connectivity index (χ3v) is 11.6. The van der Waals surface area contributed by atoms with Crippen molar-refractivity contribution in [1.82, 2.24) is 4.98 Å². The minimum Gasteiger partial charge on any atom is -0.512 e. The number of hydrogen-bond acceptors (Lipinski definition) is 4. The van der Waals surface area contributed by atoms with Gasteiger partial charge in [-0.2, -0.15) is 0 Å². The summed E-state index contributed by atoms with van der Waals surface area (Å²) >= 11 is 0. The zero-order chi connectivity index (χ0) is 40.3. The summed E-state index contributed by atoms with van der Waals surface area (Å²) in [4.78, 5) is 16.6. The van der Waals surface area contributed by atoms with E-state index in [9.17, 15) is 9.90 Å². The molecule has 1 N–H and O–H groups in total. The maximum absolute atomic E-state index is 11.7. The molecule has 4 nitrogen and oxygen atoms in total. The molecule has 0 atom stereocenters. The van der Waals surface area contributed by atoms with Gasteiger partial charge in [-0.3, -0.25) is 9.78 Å². The van der Waals surface area contributed by atoms with E-state index < -0.39 is 0 Å². The fourth-order valence-corrected chi connectivity index (χ4v) is 8.60. The van der Waals surface area contributed by atoms with Crippen molar-refractivity contribution in [3.63, 3.8) is 0 Å². The average Bonchev–Trinajstić information content (AvgIpc) is 3.17. The van der Waals surface area contributed by atoms with Gasteiger partial charge in [0.2, 0.25) is 0 Å². The number of carbonyl (C=O) groups is 1. The van der Waals surface area contributed by atoms with Crippen molar-refractivity contribution >= 4 is 50.4 Å². The van der Waals surface area contributed by atoms with Crippen LogP contribution in [0.25, 0.3) is 32.8 Å². The molecule has 1 aromatic heterocycles. The summed E-state index contributed by atoms with van der Waals surface area (Å²) < 4.78 is 6.75. The van der Waals surface area contributed by atoms with Gasteiger partial charge in [-0.1, -0.05) is 142 Å². The molecule has 0 aliphatic carbocycles. The molecule has 1 radical (unpaired) electrons. The number of allylic oxidation sites excluding steroid dienone is 2. The molecule has 0 bridgehead atoms. The molecule has 0 unspecified atom stereocenters. The Hall–Kier alpha value is -4.51. The van der Waals surface area contributed by atoms with Gasteiger partial charge in [0.1, 0.15) is 11.5 Å². The van der Waals surface area contributed by atoms with E-state index in [-0.39, 0.29) is 55.6 Å². The Morgan fingerprint density at radius 1 is 0.789 bits per heavy atom. The predicted octanol–water partition coefficient (Wildman–Crippen LogP) is 11.6. The summed E-state index contributed by atoms with van der Waals surface area (Å²) in [5, 5.41) is 14.3. The first-order valence-corrected chi connectivity index (χ1v) is 20.5. The molecular weight excluding hydrogens is 878 g/mol. The first kappa shape index (κ1) is 43.6. The van der Waals surface area contributed by atoms with Gasteiger partial charge < -0.3 is 9.84 Å². The standard InChI is InChI=1S/C38H33BNO.C13H24O2.Ir/c1-23-19-24(2)35(25(3)20-23)39-32-13-9-10-14-34(32)41-37-30-17-18-40-36(29(30)15-16-33(37)39)27-21-26-11-7-8-12-28(26)31(22-27)38(4,5)6;1-5-10(6-2)12(14)9-13(15)11(7-3)8-4;/h7-20,22H,1-6H3;9-11,14H,5-8H2,1-4H3;/q-1;;/b;12-9-;. The molecule has 297 valence electrons. The molecule has 0 amide bonds. The monoisotopic (exact) mass is 935 g/mol. The van der Waals surface area contributed by atoms with Crippen LogP contribution in [-0.2, 0) is 30.3 Å². The number of ether oxygens (including phenoxy) is 1. The van der Waals surface area contributed by atoms with Crippen LogP contribution in [-0.4, -0.2) is 22.6 Å².